The smallest absolute Gasteiger partial charge is 0.338 e. The number of amides is 1. The van der Waals surface area contributed by atoms with Gasteiger partial charge in [0.05, 0.1) is 19.3 Å². The van der Waals surface area contributed by atoms with Gasteiger partial charge < -0.3 is 19.5 Å². The van der Waals surface area contributed by atoms with Crippen LogP contribution in [0.4, 0.5) is 0 Å². The molecule has 6 nitrogen and oxygen atoms in total. The Kier molecular flexibility index (Phi) is 8.34. The van der Waals surface area contributed by atoms with E-state index < -0.39 is 5.97 Å². The highest BCUT2D eigenvalue weighted by Gasteiger charge is 2.14. The van der Waals surface area contributed by atoms with Crippen LogP contribution >= 0.6 is 0 Å². The molecule has 150 valence electrons. The number of carbonyl (C=O) groups excluding carboxylic acids is 2. The summed E-state index contributed by atoms with van der Waals surface area (Å²) in [5, 5.41) is 2.74. The van der Waals surface area contributed by atoms with Crippen LogP contribution in [0.2, 0.25) is 0 Å². The number of benzene rings is 2. The molecule has 0 fully saturated rings. The van der Waals surface area contributed by atoms with Crippen molar-refractivity contribution in [3.05, 3.63) is 59.7 Å². The zero-order valence-electron chi connectivity index (χ0n) is 16.6. The fourth-order valence-corrected chi connectivity index (χ4v) is 2.43. The standard InChI is InChI=1S/C22H27NO5/c1-16(2)14-27-19-10-9-18(13-20(19)26-3)22(25)28-15-21(24)23-12-11-17-7-5-4-6-8-17/h4-10,13,16H,11-12,14-15H2,1-3H3,(H,23,24). The van der Waals surface area contributed by atoms with Crippen molar-refractivity contribution < 1.29 is 23.8 Å². The number of hydrogen-bond donors (Lipinski definition) is 1. The van der Waals surface area contributed by atoms with Crippen molar-refractivity contribution in [2.24, 2.45) is 5.92 Å². The van der Waals surface area contributed by atoms with E-state index in [9.17, 15) is 9.59 Å². The molecule has 2 aromatic carbocycles. The first-order valence-corrected chi connectivity index (χ1v) is 9.28. The highest BCUT2D eigenvalue weighted by Crippen LogP contribution is 2.28. The molecule has 1 amide bonds. The van der Waals surface area contributed by atoms with Crippen molar-refractivity contribution in [2.45, 2.75) is 20.3 Å². The minimum atomic E-state index is -0.591. The van der Waals surface area contributed by atoms with Crippen molar-refractivity contribution in [3.8, 4) is 11.5 Å². The number of ether oxygens (including phenoxy) is 3. The van der Waals surface area contributed by atoms with Gasteiger partial charge in [0.15, 0.2) is 18.1 Å². The second-order valence-corrected chi connectivity index (χ2v) is 6.73. The monoisotopic (exact) mass is 385 g/mol. The third kappa shape index (κ3) is 6.95. The van der Waals surface area contributed by atoms with E-state index in [-0.39, 0.29) is 12.5 Å². The van der Waals surface area contributed by atoms with E-state index in [0.29, 0.717) is 36.1 Å². The van der Waals surface area contributed by atoms with Gasteiger partial charge in [0.2, 0.25) is 0 Å². The highest BCUT2D eigenvalue weighted by atomic mass is 16.5. The van der Waals surface area contributed by atoms with E-state index >= 15 is 0 Å². The fourth-order valence-electron chi connectivity index (χ4n) is 2.43. The van der Waals surface area contributed by atoms with Gasteiger partial charge >= 0.3 is 5.97 Å². The molecule has 2 aromatic rings. The average Bonchev–Trinajstić information content (AvgIpc) is 2.71. The number of rotatable bonds is 10. The first-order valence-electron chi connectivity index (χ1n) is 9.28. The molecule has 28 heavy (non-hydrogen) atoms. The van der Waals surface area contributed by atoms with Gasteiger partial charge in [0, 0.05) is 6.54 Å². The molecular weight excluding hydrogens is 358 g/mol. The zero-order chi connectivity index (χ0) is 20.4. The van der Waals surface area contributed by atoms with E-state index in [2.05, 4.69) is 5.32 Å². The Hall–Kier alpha value is -3.02. The molecule has 0 aliphatic rings. The Morgan fingerprint density at radius 3 is 2.46 bits per heavy atom. The van der Waals surface area contributed by atoms with E-state index in [0.717, 1.165) is 12.0 Å². The van der Waals surface area contributed by atoms with E-state index in [1.54, 1.807) is 18.2 Å². The van der Waals surface area contributed by atoms with Crippen molar-refractivity contribution in [3.63, 3.8) is 0 Å². The van der Waals surface area contributed by atoms with Crippen LogP contribution in [0.1, 0.15) is 29.8 Å². The Labute approximate surface area is 165 Å². The first kappa shape index (κ1) is 21.3. The van der Waals surface area contributed by atoms with Gasteiger partial charge in [-0.15, -0.1) is 0 Å². The molecular formula is C22H27NO5. The Balaban J connectivity index is 1.80. The average molecular weight is 385 g/mol. The molecule has 0 aliphatic heterocycles. The summed E-state index contributed by atoms with van der Waals surface area (Å²) in [5.74, 6) is 0.448. The molecule has 0 saturated carbocycles. The lowest BCUT2D eigenvalue weighted by molar-refractivity contribution is -0.124. The predicted molar refractivity (Wildman–Crippen MR) is 107 cm³/mol. The number of methoxy groups -OCH3 is 1. The molecule has 0 bridgehead atoms. The lowest BCUT2D eigenvalue weighted by Crippen LogP contribution is -2.30. The van der Waals surface area contributed by atoms with Gasteiger partial charge in [-0.25, -0.2) is 4.79 Å². The van der Waals surface area contributed by atoms with E-state index in [1.807, 2.05) is 44.2 Å². The van der Waals surface area contributed by atoms with Gasteiger partial charge in [-0.1, -0.05) is 44.2 Å². The van der Waals surface area contributed by atoms with Gasteiger partial charge in [-0.3, -0.25) is 4.79 Å². The lowest BCUT2D eigenvalue weighted by atomic mass is 10.1. The topological polar surface area (TPSA) is 73.9 Å². The summed E-state index contributed by atoms with van der Waals surface area (Å²) < 4.78 is 16.0. The largest absolute Gasteiger partial charge is 0.493 e. The van der Waals surface area contributed by atoms with Crippen molar-refractivity contribution in [2.75, 3.05) is 26.9 Å². The van der Waals surface area contributed by atoms with Crippen molar-refractivity contribution >= 4 is 11.9 Å². The third-order valence-electron chi connectivity index (χ3n) is 3.88. The third-order valence-corrected chi connectivity index (χ3v) is 3.88. The quantitative estimate of drug-likeness (QED) is 0.636. The molecule has 0 atom stereocenters. The first-order chi connectivity index (χ1) is 13.5. The molecule has 2 rings (SSSR count). The molecule has 0 radical (unpaired) electrons. The SMILES string of the molecule is COc1cc(C(=O)OCC(=O)NCCc2ccccc2)ccc1OCC(C)C. The van der Waals surface area contributed by atoms with Crippen LogP contribution in [-0.2, 0) is 16.0 Å². The summed E-state index contributed by atoms with van der Waals surface area (Å²) in [6, 6.07) is 14.6. The normalized spacial score (nSPS) is 10.4. The predicted octanol–water partition coefficient (Wildman–Crippen LogP) is 3.25. The number of hydrogen-bond acceptors (Lipinski definition) is 5. The van der Waals surface area contributed by atoms with Crippen LogP contribution in [0.25, 0.3) is 0 Å². The van der Waals surface area contributed by atoms with Gasteiger partial charge in [-0.2, -0.15) is 0 Å². The van der Waals surface area contributed by atoms with Crippen LogP contribution in [0.3, 0.4) is 0 Å². The molecule has 0 heterocycles. The summed E-state index contributed by atoms with van der Waals surface area (Å²) in [6.45, 7) is 4.78. The summed E-state index contributed by atoms with van der Waals surface area (Å²) in [7, 11) is 1.51. The molecule has 0 aromatic heterocycles. The zero-order valence-corrected chi connectivity index (χ0v) is 16.6. The van der Waals surface area contributed by atoms with Crippen molar-refractivity contribution in [1.29, 1.82) is 0 Å². The second kappa shape index (κ2) is 11.0. The summed E-state index contributed by atoms with van der Waals surface area (Å²) in [6.07, 6.45) is 0.718. The molecule has 6 heteroatoms. The maximum absolute atomic E-state index is 12.2. The maximum atomic E-state index is 12.2. The Morgan fingerprint density at radius 1 is 1.04 bits per heavy atom. The van der Waals surface area contributed by atoms with Crippen LogP contribution < -0.4 is 14.8 Å². The minimum absolute atomic E-state index is 0.297. The summed E-state index contributed by atoms with van der Waals surface area (Å²) >= 11 is 0. The second-order valence-electron chi connectivity index (χ2n) is 6.73. The molecule has 1 N–H and O–H groups in total. The number of esters is 1. The number of carbonyl (C=O) groups is 2. The van der Waals surface area contributed by atoms with E-state index in [4.69, 9.17) is 14.2 Å². The van der Waals surface area contributed by atoms with Crippen LogP contribution in [0, 0.1) is 5.92 Å². The van der Waals surface area contributed by atoms with Gasteiger partial charge in [-0.05, 0) is 36.1 Å². The maximum Gasteiger partial charge on any atom is 0.338 e. The van der Waals surface area contributed by atoms with Crippen molar-refractivity contribution in [1.82, 2.24) is 5.32 Å². The Bertz CT molecular complexity index is 774. The highest BCUT2D eigenvalue weighted by molar-refractivity contribution is 5.92. The summed E-state index contributed by atoms with van der Waals surface area (Å²) in [5.41, 5.74) is 1.43. The molecule has 0 spiro atoms. The van der Waals surface area contributed by atoms with Crippen LogP contribution in [0.15, 0.2) is 48.5 Å². The molecule has 0 saturated heterocycles. The van der Waals surface area contributed by atoms with Crippen LogP contribution in [-0.4, -0.2) is 38.7 Å². The minimum Gasteiger partial charge on any atom is -0.493 e. The van der Waals surface area contributed by atoms with Crippen LogP contribution in [0.5, 0.6) is 11.5 Å². The molecule has 0 aliphatic carbocycles. The number of nitrogens with one attached hydrogen (secondary N) is 1. The van der Waals surface area contributed by atoms with Gasteiger partial charge in [0.1, 0.15) is 0 Å². The molecule has 0 unspecified atom stereocenters. The Morgan fingerprint density at radius 2 is 1.79 bits per heavy atom. The van der Waals surface area contributed by atoms with Gasteiger partial charge in [0.25, 0.3) is 5.91 Å². The van der Waals surface area contributed by atoms with E-state index in [1.165, 1.54) is 7.11 Å². The summed E-state index contributed by atoms with van der Waals surface area (Å²) in [4.78, 5) is 24.1. The fraction of sp³-hybridized carbons (Fsp3) is 0.364. The lowest BCUT2D eigenvalue weighted by Gasteiger charge is -2.13.